The largest absolute Gasteiger partial charge is 0.405 e. The maximum Gasteiger partial charge on any atom is 0.405 e. The Balaban J connectivity index is 0.000000340. The number of rotatable bonds is 27. The Bertz CT molecular complexity index is 3180. The zero-order valence-electron chi connectivity index (χ0n) is 49.9. The van der Waals surface area contributed by atoms with E-state index >= 15 is 0 Å². The van der Waals surface area contributed by atoms with E-state index < -0.39 is 117 Å². The summed E-state index contributed by atoms with van der Waals surface area (Å²) in [5, 5.41) is 69.6. The maximum absolute atomic E-state index is 13.7. The molecule has 6 rings (SSSR count). The number of thioether (sulfide) groups is 2. The molecule has 488 valence electrons. The smallest absolute Gasteiger partial charge is 0.395 e. The summed E-state index contributed by atoms with van der Waals surface area (Å²) >= 11 is 1.86. The van der Waals surface area contributed by atoms with Crippen molar-refractivity contribution in [1.82, 2.24) is 29.3 Å². The number of carbonyl (C=O) groups excluding carboxylic acids is 5. The second-order valence-electron chi connectivity index (χ2n) is 21.5. The van der Waals surface area contributed by atoms with Crippen LogP contribution >= 0.6 is 39.0 Å². The van der Waals surface area contributed by atoms with Gasteiger partial charge < -0.3 is 55.9 Å². The summed E-state index contributed by atoms with van der Waals surface area (Å²) in [4.78, 5) is 87.7. The van der Waals surface area contributed by atoms with E-state index in [2.05, 4.69) is 30.2 Å². The third-order valence-corrected chi connectivity index (χ3v) is 18.3. The number of benzene rings is 2. The molecule has 88 heavy (non-hydrogen) atoms. The van der Waals surface area contributed by atoms with E-state index in [1.165, 1.54) is 59.1 Å². The molecule has 0 saturated carbocycles. The van der Waals surface area contributed by atoms with Gasteiger partial charge in [-0.15, -0.1) is 0 Å². The number of amides is 1. The quantitative estimate of drug-likeness (QED) is 0.0177. The lowest BCUT2D eigenvalue weighted by atomic mass is 9.96. The average molecular weight is 1320 g/mol. The van der Waals surface area contributed by atoms with Crippen molar-refractivity contribution in [3.63, 3.8) is 0 Å². The lowest BCUT2D eigenvalue weighted by Crippen LogP contribution is -2.46. The van der Waals surface area contributed by atoms with E-state index in [0.29, 0.717) is 0 Å². The number of ether oxygens (including phenoxy) is 3. The van der Waals surface area contributed by atoms with Crippen LogP contribution in [0.5, 0.6) is 0 Å². The number of nitrogens with zero attached hydrogens (tertiary/aromatic N) is 4. The number of nitrogens with one attached hydrogen (secondary N) is 3. The van der Waals surface area contributed by atoms with Crippen LogP contribution in [0.25, 0.3) is 0 Å². The first-order valence-corrected chi connectivity index (χ1v) is 32.1. The molecule has 0 radical (unpaired) electrons. The average Bonchev–Trinajstić information content (AvgIpc) is 2.07. The maximum atomic E-state index is 13.7. The lowest BCUT2D eigenvalue weighted by Gasteiger charge is -2.27. The normalized spacial score (nSPS) is 23.0. The molecule has 0 spiro atoms. The molecule has 0 aliphatic carbocycles. The van der Waals surface area contributed by atoms with Gasteiger partial charge in [-0.3, -0.25) is 51.2 Å². The number of hydrogen-bond acceptors (Lipinski definition) is 27. The molecule has 4 aromatic rings. The monoisotopic (exact) mass is 1320 g/mol. The van der Waals surface area contributed by atoms with Gasteiger partial charge in [-0.2, -0.15) is 9.97 Å². The Morgan fingerprint density at radius 3 is 1.38 bits per heavy atom. The predicted octanol–water partition coefficient (Wildman–Crippen LogP) is 2.56. The number of hydrogen-bond donors (Lipinski definition) is 10. The van der Waals surface area contributed by atoms with Crippen molar-refractivity contribution >= 4 is 78.7 Å². The van der Waals surface area contributed by atoms with Crippen molar-refractivity contribution in [3.05, 3.63) is 117 Å². The highest BCUT2D eigenvalue weighted by atomic mass is 32.2. The Hall–Kier alpha value is -5.45. The Labute approximate surface area is 515 Å². The van der Waals surface area contributed by atoms with Crippen LogP contribution in [0.4, 0.5) is 11.6 Å². The zero-order chi connectivity index (χ0) is 65.8. The fourth-order valence-corrected chi connectivity index (χ4v) is 12.2. The number of esters is 2. The molecule has 4 unspecified atom stereocenters. The van der Waals surface area contributed by atoms with Crippen molar-refractivity contribution in [2.24, 2.45) is 10.8 Å². The number of carbonyl (C=O) groups is 5. The minimum Gasteiger partial charge on any atom is -0.395 e. The number of nitrogen functional groups attached to an aromatic ring is 1. The van der Waals surface area contributed by atoms with Gasteiger partial charge in [0.25, 0.3) is 0 Å². The summed E-state index contributed by atoms with van der Waals surface area (Å²) in [7, 11) is -8.07. The Morgan fingerprint density at radius 1 is 0.648 bits per heavy atom. The first-order valence-electron chi connectivity index (χ1n) is 27.0. The first-order chi connectivity index (χ1) is 41.1. The molecule has 34 heteroatoms. The minimum absolute atomic E-state index is 0.00388. The highest BCUT2D eigenvalue weighted by Gasteiger charge is 2.55. The second kappa shape index (κ2) is 33.6. The molecule has 2 aromatic carbocycles. The van der Waals surface area contributed by atoms with Gasteiger partial charge in [-0.25, -0.2) is 28.9 Å². The fourth-order valence-electron chi connectivity index (χ4n) is 7.68. The number of aliphatic hydroxyl groups is 6. The molecule has 0 bridgehead atoms. The van der Waals surface area contributed by atoms with Crippen LogP contribution in [-0.2, 0) is 78.5 Å². The molecule has 4 heterocycles. The molecular weight excluding hydrogens is 1240 g/mol. The van der Waals surface area contributed by atoms with E-state index in [9.17, 15) is 73.3 Å². The van der Waals surface area contributed by atoms with E-state index in [1.807, 2.05) is 36.4 Å². The molecule has 2 aliphatic heterocycles. The number of aliphatic hydroxyl groups excluding tert-OH is 4. The van der Waals surface area contributed by atoms with Gasteiger partial charge in [-0.1, -0.05) is 84.2 Å². The summed E-state index contributed by atoms with van der Waals surface area (Å²) < 4.78 is 67.0. The molecule has 2 aliphatic rings. The molecule has 10 atom stereocenters. The third kappa shape index (κ3) is 22.5. The van der Waals surface area contributed by atoms with E-state index in [0.717, 1.165) is 43.8 Å². The van der Waals surface area contributed by atoms with Gasteiger partial charge in [0.1, 0.15) is 47.3 Å². The lowest BCUT2D eigenvalue weighted by molar-refractivity contribution is -0.156. The molecule has 2 aromatic heterocycles. The van der Waals surface area contributed by atoms with Crippen LogP contribution in [0.3, 0.4) is 0 Å². The number of anilines is 2. The zero-order valence-corrected chi connectivity index (χ0v) is 53.3. The van der Waals surface area contributed by atoms with Gasteiger partial charge in [0.2, 0.25) is 5.91 Å². The second-order valence-corrected chi connectivity index (χ2v) is 27.2. The minimum atomic E-state index is -4.05. The molecule has 30 nitrogen and oxygen atoms in total. The first kappa shape index (κ1) is 75.0. The van der Waals surface area contributed by atoms with E-state index in [1.54, 1.807) is 52.0 Å². The SMILES string of the molecule is CC(=O)Nc1ccn([C@@H]2O[C@H](COP(=O)(NCc3ccccc3)OCCSC(=O)C(C)(C)CO)[C@H](O)C2(C)O)c(=O)n1.CC(=O)OC(C)=O.CC(C)(CO)C(=O)SCCOP(=O)(NCc1ccccc1)OC[C@H]1O[C@@H](n2ccc(N)nc2=O)C(C)(O)[C@H]1O. The van der Waals surface area contributed by atoms with Gasteiger partial charge in [0, 0.05) is 57.8 Å². The summed E-state index contributed by atoms with van der Waals surface area (Å²) in [5.41, 5.74) is -0.296. The van der Waals surface area contributed by atoms with Crippen LogP contribution in [-0.4, -0.2) is 165 Å². The van der Waals surface area contributed by atoms with Crippen molar-refractivity contribution < 1.29 is 96.0 Å². The molecule has 2 saturated heterocycles. The number of nitrogens with two attached hydrogens (primary N) is 1. The topological polar surface area (TPSA) is 437 Å². The van der Waals surface area contributed by atoms with Gasteiger partial charge in [0.15, 0.2) is 22.7 Å². The number of aromatic nitrogens is 4. The van der Waals surface area contributed by atoms with Crippen LogP contribution in [0.2, 0.25) is 0 Å². The molecule has 11 N–H and O–H groups in total. The van der Waals surface area contributed by atoms with Gasteiger partial charge in [-0.05, 0) is 64.8 Å². The van der Waals surface area contributed by atoms with Gasteiger partial charge in [0.05, 0.1) is 50.5 Å². The van der Waals surface area contributed by atoms with Crippen LogP contribution < -0.4 is 32.6 Å². The van der Waals surface area contributed by atoms with E-state index in [4.69, 9.17) is 33.3 Å². The Morgan fingerprint density at radius 2 is 1.03 bits per heavy atom. The fraction of sp³-hybridized carbons (Fsp3) is 0.537. The summed E-state index contributed by atoms with van der Waals surface area (Å²) in [6, 6.07) is 20.8. The van der Waals surface area contributed by atoms with Crippen LogP contribution in [0.1, 0.15) is 85.9 Å². The third-order valence-electron chi connectivity index (χ3n) is 12.8. The van der Waals surface area contributed by atoms with Crippen LogP contribution in [0, 0.1) is 10.8 Å². The summed E-state index contributed by atoms with van der Waals surface area (Å²) in [6.45, 7) is 11.0. The van der Waals surface area contributed by atoms with Crippen molar-refractivity contribution in [1.29, 1.82) is 0 Å². The van der Waals surface area contributed by atoms with Crippen molar-refractivity contribution in [2.75, 3.05) is 62.2 Å². The molecule has 2 fully saturated rings. The predicted molar refractivity (Wildman–Crippen MR) is 321 cm³/mol. The summed E-state index contributed by atoms with van der Waals surface area (Å²) in [6.07, 6.45) is -5.69. The highest BCUT2D eigenvalue weighted by Crippen LogP contribution is 2.48. The molecular formula is C54H78N8O22P2S2. The van der Waals surface area contributed by atoms with E-state index in [-0.39, 0.29) is 72.9 Å². The highest BCUT2D eigenvalue weighted by molar-refractivity contribution is 8.14. The standard InChI is InChI=1S/C26H37N4O10PS.C24H35N4O9PS.C4H6O3/c1-17(32)28-20-10-11-30(24(35)29-20)22-26(4,36)21(33)19(40-22)15-39-41(37,27-14-18-8-6-5-7-9-18)38-12-13-42-23(34)25(2,3)16-31;1-23(2,15-29)21(31)39-12-11-35-38(34,26-13-16-7-5-4-6-8-16)36-14-17-19(30)24(3,33)20(37-17)28-10-9-18(25)27-22(28)32;1-3(5)7-4(2)6/h5-11,19,21-22,31,33,36H,12-16H2,1-4H3,(H,27,37)(H,28,29,32,35);4-10,17,19-20,29-30,33H,11-15H2,1-3H3,(H,26,34)(H2,25,27,32);1-2H3/t19-,21+,22-,26?,41?;17-,19+,20-,24?,38?;/m11./s1. The molecule has 1 amide bonds. The van der Waals surface area contributed by atoms with Crippen molar-refractivity contribution in [3.8, 4) is 0 Å². The van der Waals surface area contributed by atoms with Crippen LogP contribution in [0.15, 0.2) is 94.8 Å². The van der Waals surface area contributed by atoms with Gasteiger partial charge >= 0.3 is 38.8 Å². The summed E-state index contributed by atoms with van der Waals surface area (Å²) in [5.74, 6) is -1.29. The Kier molecular flexibility index (Phi) is 28.6. The van der Waals surface area contributed by atoms with Crippen molar-refractivity contribution in [2.45, 2.75) is 123 Å².